The zero-order chi connectivity index (χ0) is 17.5. The van der Waals surface area contributed by atoms with Crippen molar-refractivity contribution >= 4 is 17.3 Å². The normalized spacial score (nSPS) is 10.4. The lowest BCUT2D eigenvalue weighted by Gasteiger charge is -2.12. The van der Waals surface area contributed by atoms with E-state index in [0.29, 0.717) is 31.4 Å². The van der Waals surface area contributed by atoms with Crippen molar-refractivity contribution < 1.29 is 9.47 Å². The summed E-state index contributed by atoms with van der Waals surface area (Å²) in [5.74, 6) is 2.01. The van der Waals surface area contributed by atoms with Crippen molar-refractivity contribution in [2.75, 3.05) is 12.4 Å². The number of ether oxygens (including phenoxy) is 2. The Morgan fingerprint density at radius 2 is 2.24 bits per heavy atom. The number of benzene rings is 1. The first kappa shape index (κ1) is 17.0. The van der Waals surface area contributed by atoms with Crippen molar-refractivity contribution in [1.82, 2.24) is 20.2 Å². The van der Waals surface area contributed by atoms with E-state index in [1.54, 1.807) is 29.2 Å². The predicted molar refractivity (Wildman–Crippen MR) is 97.0 cm³/mol. The monoisotopic (exact) mass is 357 g/mol. The third kappa shape index (κ3) is 4.36. The lowest BCUT2D eigenvalue weighted by molar-refractivity contribution is 0.287. The third-order valence-corrected chi connectivity index (χ3v) is 4.31. The zero-order valence-corrected chi connectivity index (χ0v) is 14.7. The van der Waals surface area contributed by atoms with E-state index in [2.05, 4.69) is 27.4 Å². The maximum atomic E-state index is 5.85. The number of aromatic nitrogens is 4. The molecule has 0 atom stereocenters. The molecule has 3 aromatic rings. The van der Waals surface area contributed by atoms with E-state index in [9.17, 15) is 0 Å². The molecule has 0 saturated heterocycles. The molecule has 25 heavy (non-hydrogen) atoms. The molecule has 1 aromatic carbocycles. The van der Waals surface area contributed by atoms with Gasteiger partial charge in [-0.3, -0.25) is 0 Å². The fourth-order valence-electron chi connectivity index (χ4n) is 2.24. The van der Waals surface area contributed by atoms with Crippen LogP contribution in [0.25, 0.3) is 0 Å². The van der Waals surface area contributed by atoms with E-state index in [1.807, 2.05) is 35.7 Å². The van der Waals surface area contributed by atoms with Gasteiger partial charge in [-0.1, -0.05) is 23.3 Å². The second kappa shape index (κ2) is 8.29. The van der Waals surface area contributed by atoms with Crippen LogP contribution >= 0.6 is 11.3 Å². The van der Waals surface area contributed by atoms with Gasteiger partial charge >= 0.3 is 0 Å². The summed E-state index contributed by atoms with van der Waals surface area (Å²) in [4.78, 5) is 1.17. The smallest absolute Gasteiger partial charge is 0.243 e. The van der Waals surface area contributed by atoms with Crippen LogP contribution in [0.15, 0.2) is 48.4 Å². The quantitative estimate of drug-likeness (QED) is 0.593. The van der Waals surface area contributed by atoms with Gasteiger partial charge in [0.15, 0.2) is 11.5 Å². The summed E-state index contributed by atoms with van der Waals surface area (Å²) < 4.78 is 12.9. The summed E-state index contributed by atoms with van der Waals surface area (Å²) in [5.41, 5.74) is 1.04. The van der Waals surface area contributed by atoms with Crippen LogP contribution < -0.4 is 14.8 Å². The van der Waals surface area contributed by atoms with Gasteiger partial charge < -0.3 is 14.8 Å². The van der Waals surface area contributed by atoms with Crippen LogP contribution in [0.5, 0.6) is 11.5 Å². The van der Waals surface area contributed by atoms with Gasteiger partial charge in [-0.05, 0) is 39.6 Å². The fourth-order valence-corrected chi connectivity index (χ4v) is 2.86. The Labute approximate surface area is 149 Å². The van der Waals surface area contributed by atoms with Crippen LogP contribution in [0.2, 0.25) is 0 Å². The number of hydrogen-bond acceptors (Lipinski definition) is 7. The Kier molecular flexibility index (Phi) is 5.63. The summed E-state index contributed by atoms with van der Waals surface area (Å²) >= 11 is 1.67. The fraction of sp³-hybridized carbons (Fsp3) is 0.235. The standard InChI is InChI=1S/C17H19N5O2S/c1-3-8-22-17(19-20-21-22)18-11-13-6-7-15(16(10-13)23-2)24-12-14-5-4-9-25-14/h3-7,9-10H,1,8,11-12H2,2H3,(H,18,19,21). The van der Waals surface area contributed by atoms with Crippen LogP contribution in [-0.4, -0.2) is 27.3 Å². The molecule has 0 radical (unpaired) electrons. The van der Waals surface area contributed by atoms with Crippen molar-refractivity contribution in [3.63, 3.8) is 0 Å². The van der Waals surface area contributed by atoms with Crippen molar-refractivity contribution in [2.24, 2.45) is 0 Å². The van der Waals surface area contributed by atoms with Gasteiger partial charge in [0.1, 0.15) is 6.61 Å². The lowest BCUT2D eigenvalue weighted by Crippen LogP contribution is -2.08. The van der Waals surface area contributed by atoms with Crippen LogP contribution in [0.3, 0.4) is 0 Å². The number of rotatable bonds is 9. The zero-order valence-electron chi connectivity index (χ0n) is 13.9. The minimum absolute atomic E-state index is 0.530. The molecule has 0 aliphatic rings. The third-order valence-electron chi connectivity index (χ3n) is 3.46. The van der Waals surface area contributed by atoms with Crippen molar-refractivity contribution in [1.29, 1.82) is 0 Å². The van der Waals surface area contributed by atoms with Crippen LogP contribution in [-0.2, 0) is 19.7 Å². The molecule has 0 amide bonds. The summed E-state index contributed by atoms with van der Waals surface area (Å²) in [6, 6.07) is 9.90. The molecule has 2 heterocycles. The Balaban J connectivity index is 1.64. The molecule has 0 aliphatic heterocycles. The highest BCUT2D eigenvalue weighted by Crippen LogP contribution is 2.29. The van der Waals surface area contributed by atoms with Crippen molar-refractivity contribution in [3.05, 3.63) is 58.8 Å². The molecule has 130 valence electrons. The van der Waals surface area contributed by atoms with E-state index < -0.39 is 0 Å². The Hall–Kier alpha value is -2.87. The molecule has 0 spiro atoms. The van der Waals surface area contributed by atoms with Gasteiger partial charge in [-0.2, -0.15) is 0 Å². The van der Waals surface area contributed by atoms with Crippen LogP contribution in [0, 0.1) is 0 Å². The number of methoxy groups -OCH3 is 1. The van der Waals surface area contributed by atoms with E-state index in [4.69, 9.17) is 9.47 Å². The number of tetrazole rings is 1. The summed E-state index contributed by atoms with van der Waals surface area (Å²) in [6.45, 7) is 5.34. The van der Waals surface area contributed by atoms with Gasteiger partial charge in [0.05, 0.1) is 13.7 Å². The second-order valence-electron chi connectivity index (χ2n) is 5.18. The average Bonchev–Trinajstić information content (AvgIpc) is 3.30. The molecule has 3 rings (SSSR count). The Morgan fingerprint density at radius 1 is 1.32 bits per heavy atom. The van der Waals surface area contributed by atoms with Crippen LogP contribution in [0.4, 0.5) is 5.95 Å². The maximum Gasteiger partial charge on any atom is 0.243 e. The molecule has 0 saturated carbocycles. The first-order valence-corrected chi connectivity index (χ1v) is 8.61. The van der Waals surface area contributed by atoms with Gasteiger partial charge in [-0.15, -0.1) is 17.9 Å². The molecule has 0 aliphatic carbocycles. The maximum absolute atomic E-state index is 5.85. The number of anilines is 1. The molecule has 7 nitrogen and oxygen atoms in total. The molecule has 1 N–H and O–H groups in total. The van der Waals surface area contributed by atoms with Crippen molar-refractivity contribution in [2.45, 2.75) is 19.7 Å². The van der Waals surface area contributed by atoms with Crippen molar-refractivity contribution in [3.8, 4) is 11.5 Å². The van der Waals surface area contributed by atoms with Gasteiger partial charge in [0.2, 0.25) is 5.95 Å². The minimum atomic E-state index is 0.530. The van der Waals surface area contributed by atoms with Crippen LogP contribution in [0.1, 0.15) is 10.4 Å². The molecule has 0 unspecified atom stereocenters. The average molecular weight is 357 g/mol. The summed E-state index contributed by atoms with van der Waals surface area (Å²) in [5, 5.41) is 16.7. The molecule has 0 fully saturated rings. The largest absolute Gasteiger partial charge is 0.493 e. The van der Waals surface area contributed by atoms with E-state index in [1.165, 1.54) is 4.88 Å². The molecular formula is C17H19N5O2S. The topological polar surface area (TPSA) is 74.1 Å². The van der Waals surface area contributed by atoms with Gasteiger partial charge in [-0.25, -0.2) is 4.68 Å². The Bertz CT molecular complexity index is 816. The van der Waals surface area contributed by atoms with Gasteiger partial charge in [0, 0.05) is 11.4 Å². The Morgan fingerprint density at radius 3 is 3.00 bits per heavy atom. The number of nitrogens with one attached hydrogen (secondary N) is 1. The minimum Gasteiger partial charge on any atom is -0.493 e. The lowest BCUT2D eigenvalue weighted by atomic mass is 10.2. The number of allylic oxidation sites excluding steroid dienone is 1. The van der Waals surface area contributed by atoms with E-state index >= 15 is 0 Å². The molecule has 2 aromatic heterocycles. The first-order valence-electron chi connectivity index (χ1n) is 7.73. The molecular weight excluding hydrogens is 338 g/mol. The number of hydrogen-bond donors (Lipinski definition) is 1. The highest BCUT2D eigenvalue weighted by Gasteiger charge is 2.08. The summed E-state index contributed by atoms with van der Waals surface area (Å²) in [7, 11) is 1.63. The highest BCUT2D eigenvalue weighted by atomic mass is 32.1. The molecule has 0 bridgehead atoms. The first-order chi connectivity index (χ1) is 12.3. The van der Waals surface area contributed by atoms with E-state index in [0.717, 1.165) is 11.3 Å². The van der Waals surface area contributed by atoms with Gasteiger partial charge in [0.25, 0.3) is 0 Å². The summed E-state index contributed by atoms with van der Waals surface area (Å²) in [6.07, 6.45) is 1.74. The number of thiophene rings is 1. The van der Waals surface area contributed by atoms with E-state index in [-0.39, 0.29) is 0 Å². The second-order valence-corrected chi connectivity index (χ2v) is 6.21. The highest BCUT2D eigenvalue weighted by molar-refractivity contribution is 7.09. The molecule has 8 heteroatoms. The predicted octanol–water partition coefficient (Wildman–Crippen LogP) is 3.12. The SMILES string of the molecule is C=CCn1nnnc1NCc1ccc(OCc2cccs2)c(OC)c1. The number of nitrogens with zero attached hydrogens (tertiary/aromatic N) is 4.